The van der Waals surface area contributed by atoms with Gasteiger partial charge in [0.1, 0.15) is 5.82 Å². The van der Waals surface area contributed by atoms with E-state index < -0.39 is 0 Å². The number of aryl methyl sites for hydroxylation is 1. The van der Waals surface area contributed by atoms with Crippen molar-refractivity contribution >= 4 is 17.3 Å². The molecule has 0 heterocycles. The van der Waals surface area contributed by atoms with Gasteiger partial charge in [0.15, 0.2) is 0 Å². The normalized spacial score (nSPS) is 10.1. The number of rotatable bonds is 1. The van der Waals surface area contributed by atoms with Gasteiger partial charge in [-0.15, -0.1) is 0 Å². The molecule has 0 N–H and O–H groups in total. The molecule has 0 aliphatic rings. The van der Waals surface area contributed by atoms with Gasteiger partial charge in [-0.05, 0) is 24.6 Å². The molecule has 1 aromatic rings. The second-order valence-electron chi connectivity index (χ2n) is 2.95. The minimum atomic E-state index is -0.234. The summed E-state index contributed by atoms with van der Waals surface area (Å²) in [5, 5.41) is 0.597. The lowest BCUT2D eigenvalue weighted by molar-refractivity contribution is 0.625. The van der Waals surface area contributed by atoms with E-state index in [4.69, 9.17) is 11.6 Å². The van der Waals surface area contributed by atoms with E-state index in [2.05, 4.69) is 0 Å². The van der Waals surface area contributed by atoms with Gasteiger partial charge in [0.2, 0.25) is 0 Å². The van der Waals surface area contributed by atoms with E-state index in [1.54, 1.807) is 32.0 Å². The molecule has 0 amide bonds. The third kappa shape index (κ3) is 1.69. The summed E-state index contributed by atoms with van der Waals surface area (Å²) in [7, 11) is 3.56. The molecular weight excluding hydrogens is 177 g/mol. The van der Waals surface area contributed by atoms with Gasteiger partial charge < -0.3 is 4.90 Å². The minimum Gasteiger partial charge on any atom is -0.375 e. The second kappa shape index (κ2) is 3.31. The molecule has 66 valence electrons. The molecule has 0 bridgehead atoms. The number of benzene rings is 1. The summed E-state index contributed by atoms with van der Waals surface area (Å²) in [5.74, 6) is -0.234. The first kappa shape index (κ1) is 9.33. The average molecular weight is 188 g/mol. The Bertz CT molecular complexity index is 297. The van der Waals surface area contributed by atoms with Crippen molar-refractivity contribution in [3.63, 3.8) is 0 Å². The first-order chi connectivity index (χ1) is 5.52. The van der Waals surface area contributed by atoms with Crippen LogP contribution in [0.15, 0.2) is 12.1 Å². The zero-order valence-electron chi connectivity index (χ0n) is 7.36. The van der Waals surface area contributed by atoms with E-state index in [0.717, 1.165) is 5.56 Å². The Morgan fingerprint density at radius 2 is 1.92 bits per heavy atom. The van der Waals surface area contributed by atoms with Gasteiger partial charge in [0, 0.05) is 19.1 Å². The van der Waals surface area contributed by atoms with Gasteiger partial charge in [-0.2, -0.15) is 0 Å². The Hall–Kier alpha value is -0.760. The predicted octanol–water partition coefficient (Wildman–Crippen LogP) is 2.85. The summed E-state index contributed by atoms with van der Waals surface area (Å²) in [6, 6.07) is 3.07. The van der Waals surface area contributed by atoms with Crippen LogP contribution in [0.4, 0.5) is 10.1 Å². The topological polar surface area (TPSA) is 3.24 Å². The van der Waals surface area contributed by atoms with Crippen molar-refractivity contribution in [1.82, 2.24) is 0 Å². The fraction of sp³-hybridized carbons (Fsp3) is 0.333. The lowest BCUT2D eigenvalue weighted by Crippen LogP contribution is -2.10. The Kier molecular flexibility index (Phi) is 2.58. The molecule has 12 heavy (non-hydrogen) atoms. The van der Waals surface area contributed by atoms with Crippen molar-refractivity contribution < 1.29 is 4.39 Å². The van der Waals surface area contributed by atoms with Gasteiger partial charge in [-0.3, -0.25) is 0 Å². The van der Waals surface area contributed by atoms with Crippen LogP contribution in [0, 0.1) is 12.7 Å². The zero-order valence-corrected chi connectivity index (χ0v) is 8.11. The molecule has 0 atom stereocenters. The van der Waals surface area contributed by atoms with E-state index in [9.17, 15) is 4.39 Å². The molecule has 0 saturated heterocycles. The number of halogens is 2. The highest BCUT2D eigenvalue weighted by Crippen LogP contribution is 2.25. The highest BCUT2D eigenvalue weighted by Gasteiger charge is 2.06. The van der Waals surface area contributed by atoms with Gasteiger partial charge in [0.05, 0.1) is 5.69 Å². The first-order valence-corrected chi connectivity index (χ1v) is 4.03. The van der Waals surface area contributed by atoms with Crippen LogP contribution in [-0.4, -0.2) is 14.1 Å². The van der Waals surface area contributed by atoms with Crippen LogP contribution in [0.3, 0.4) is 0 Å². The van der Waals surface area contributed by atoms with E-state index in [1.165, 1.54) is 6.07 Å². The zero-order chi connectivity index (χ0) is 9.30. The van der Waals surface area contributed by atoms with Crippen LogP contribution < -0.4 is 4.90 Å². The number of hydrogen-bond acceptors (Lipinski definition) is 1. The Morgan fingerprint density at radius 3 is 2.42 bits per heavy atom. The molecule has 0 unspecified atom stereocenters. The maximum absolute atomic E-state index is 13.2. The highest BCUT2D eigenvalue weighted by molar-refractivity contribution is 6.31. The summed E-state index contributed by atoms with van der Waals surface area (Å²) >= 11 is 5.84. The van der Waals surface area contributed by atoms with E-state index in [-0.39, 0.29) is 5.82 Å². The third-order valence-corrected chi connectivity index (χ3v) is 2.12. The first-order valence-electron chi connectivity index (χ1n) is 3.65. The van der Waals surface area contributed by atoms with Gasteiger partial charge >= 0.3 is 0 Å². The maximum atomic E-state index is 13.2. The standard InChI is InChI=1S/C9H11ClFN/c1-6-4-8(11)9(12(2)3)5-7(6)10/h4-5H,1-3H3. The predicted molar refractivity (Wildman–Crippen MR) is 50.5 cm³/mol. The van der Waals surface area contributed by atoms with Crippen LogP contribution >= 0.6 is 11.6 Å². The molecular formula is C9H11ClFN. The van der Waals surface area contributed by atoms with Crippen LogP contribution in [0.25, 0.3) is 0 Å². The van der Waals surface area contributed by atoms with Crippen LogP contribution in [0.2, 0.25) is 5.02 Å². The van der Waals surface area contributed by atoms with Crippen molar-refractivity contribution in [3.8, 4) is 0 Å². The molecule has 0 aromatic heterocycles. The van der Waals surface area contributed by atoms with Crippen molar-refractivity contribution in [1.29, 1.82) is 0 Å². The number of hydrogen-bond donors (Lipinski definition) is 0. The SMILES string of the molecule is Cc1cc(F)c(N(C)C)cc1Cl. The van der Waals surface area contributed by atoms with Gasteiger partial charge in [-0.1, -0.05) is 11.6 Å². The Morgan fingerprint density at radius 1 is 1.33 bits per heavy atom. The average Bonchev–Trinajstić information content (AvgIpc) is 1.96. The summed E-state index contributed by atoms with van der Waals surface area (Å²) in [6.45, 7) is 1.78. The molecule has 0 saturated carbocycles. The molecule has 1 aromatic carbocycles. The van der Waals surface area contributed by atoms with Gasteiger partial charge in [-0.25, -0.2) is 4.39 Å². The minimum absolute atomic E-state index is 0.234. The van der Waals surface area contributed by atoms with Gasteiger partial charge in [0.25, 0.3) is 0 Å². The molecule has 0 spiro atoms. The third-order valence-electron chi connectivity index (χ3n) is 1.71. The lowest BCUT2D eigenvalue weighted by atomic mass is 10.2. The molecule has 1 nitrogen and oxygen atoms in total. The van der Waals surface area contributed by atoms with E-state index in [0.29, 0.717) is 10.7 Å². The van der Waals surface area contributed by atoms with Crippen molar-refractivity contribution in [2.45, 2.75) is 6.92 Å². The van der Waals surface area contributed by atoms with Crippen LogP contribution in [0.1, 0.15) is 5.56 Å². The lowest BCUT2D eigenvalue weighted by Gasteiger charge is -2.14. The maximum Gasteiger partial charge on any atom is 0.146 e. The van der Waals surface area contributed by atoms with Crippen LogP contribution in [-0.2, 0) is 0 Å². The molecule has 0 fully saturated rings. The fourth-order valence-corrected chi connectivity index (χ4v) is 1.14. The fourth-order valence-electron chi connectivity index (χ4n) is 0.978. The number of nitrogens with zero attached hydrogens (tertiary/aromatic N) is 1. The molecule has 0 aliphatic heterocycles. The molecule has 1 rings (SSSR count). The largest absolute Gasteiger partial charge is 0.375 e. The monoisotopic (exact) mass is 187 g/mol. The van der Waals surface area contributed by atoms with Crippen molar-refractivity contribution in [3.05, 3.63) is 28.5 Å². The molecule has 0 radical (unpaired) electrons. The van der Waals surface area contributed by atoms with E-state index in [1.807, 2.05) is 0 Å². The van der Waals surface area contributed by atoms with Crippen molar-refractivity contribution in [2.24, 2.45) is 0 Å². The summed E-state index contributed by atoms with van der Waals surface area (Å²) in [5.41, 5.74) is 1.28. The summed E-state index contributed by atoms with van der Waals surface area (Å²) in [6.07, 6.45) is 0. The molecule has 0 aliphatic carbocycles. The Balaban J connectivity index is 3.23. The highest BCUT2D eigenvalue weighted by atomic mass is 35.5. The summed E-state index contributed by atoms with van der Waals surface area (Å²) < 4.78 is 13.2. The summed E-state index contributed by atoms with van der Waals surface area (Å²) in [4.78, 5) is 1.70. The number of anilines is 1. The quantitative estimate of drug-likeness (QED) is 0.654. The van der Waals surface area contributed by atoms with Crippen LogP contribution in [0.5, 0.6) is 0 Å². The smallest absolute Gasteiger partial charge is 0.146 e. The van der Waals surface area contributed by atoms with Crippen molar-refractivity contribution in [2.75, 3.05) is 19.0 Å². The Labute approximate surface area is 76.8 Å². The second-order valence-corrected chi connectivity index (χ2v) is 3.35. The van der Waals surface area contributed by atoms with E-state index >= 15 is 0 Å². The molecule has 3 heteroatoms.